The fraction of sp³-hybridized carbons (Fsp3) is 0.867. The van der Waals surface area contributed by atoms with Crippen molar-refractivity contribution < 1.29 is 19.8 Å². The minimum Gasteiger partial charge on any atom is -0.481 e. The Morgan fingerprint density at radius 1 is 0.941 bits per heavy atom. The van der Waals surface area contributed by atoms with E-state index in [1.54, 1.807) is 0 Å². The molecule has 4 fully saturated rings. The molecule has 0 unspecified atom stereocenters. The Morgan fingerprint density at radius 3 is 2.26 bits per heavy atom. The van der Waals surface area contributed by atoms with Crippen LogP contribution in [0, 0.1) is 56.7 Å². The van der Waals surface area contributed by atoms with Crippen LogP contribution in [0.2, 0.25) is 0 Å². The van der Waals surface area contributed by atoms with Gasteiger partial charge in [-0.05, 0) is 103 Å². The van der Waals surface area contributed by atoms with Crippen molar-refractivity contribution in [1.29, 1.82) is 0 Å². The van der Waals surface area contributed by atoms with Crippen LogP contribution in [0.1, 0.15) is 99.8 Å². The van der Waals surface area contributed by atoms with Gasteiger partial charge in [0.05, 0.1) is 11.5 Å². The van der Waals surface area contributed by atoms with Crippen LogP contribution in [-0.4, -0.2) is 28.1 Å². The normalized spacial score (nSPS) is 54.1. The Kier molecular flexibility index (Phi) is 5.20. The van der Waals surface area contributed by atoms with Gasteiger partial charge in [-0.2, -0.15) is 0 Å². The Balaban J connectivity index is 1.67. The molecule has 0 bridgehead atoms. The van der Waals surface area contributed by atoms with Crippen LogP contribution in [0.4, 0.5) is 0 Å². The van der Waals surface area contributed by atoms with Gasteiger partial charge >= 0.3 is 5.97 Å². The van der Waals surface area contributed by atoms with Gasteiger partial charge < -0.3 is 10.2 Å². The van der Waals surface area contributed by atoms with Crippen molar-refractivity contribution in [2.24, 2.45) is 56.7 Å². The molecule has 0 amide bonds. The SMILES string of the molecule is C[C@H]1[C@H](C)CC[C@]2(C(=O)O)CC[C@]3(C)C(=CC(=O)[C@@H]4[C@@]5(C)CC[C@H](O)C(C)(C)[C@@H]5CC[C@]43C)[C@H]12. The van der Waals surface area contributed by atoms with Crippen molar-refractivity contribution in [2.75, 3.05) is 0 Å². The number of carboxylic acids is 1. The quantitative estimate of drug-likeness (QED) is 0.474. The van der Waals surface area contributed by atoms with Crippen molar-refractivity contribution >= 4 is 11.8 Å². The van der Waals surface area contributed by atoms with Gasteiger partial charge in [0.25, 0.3) is 0 Å². The van der Waals surface area contributed by atoms with E-state index in [0.717, 1.165) is 51.4 Å². The van der Waals surface area contributed by atoms with Crippen LogP contribution in [0.15, 0.2) is 11.6 Å². The Hall–Kier alpha value is -1.16. The van der Waals surface area contributed by atoms with E-state index in [4.69, 9.17) is 0 Å². The molecule has 190 valence electrons. The summed E-state index contributed by atoms with van der Waals surface area (Å²) in [5.41, 5.74) is -0.222. The molecule has 0 aromatic rings. The van der Waals surface area contributed by atoms with Gasteiger partial charge in [0.15, 0.2) is 5.78 Å². The third kappa shape index (κ3) is 2.70. The summed E-state index contributed by atoms with van der Waals surface area (Å²) in [6.45, 7) is 16.0. The lowest BCUT2D eigenvalue weighted by atomic mass is 9.33. The summed E-state index contributed by atoms with van der Waals surface area (Å²) in [5.74, 6) is 0.519. The third-order valence-corrected chi connectivity index (χ3v) is 13.1. The van der Waals surface area contributed by atoms with E-state index in [0.29, 0.717) is 11.8 Å². The maximum absolute atomic E-state index is 14.2. The molecule has 5 aliphatic rings. The fourth-order valence-corrected chi connectivity index (χ4v) is 10.7. The van der Waals surface area contributed by atoms with Crippen LogP contribution >= 0.6 is 0 Å². The average Bonchev–Trinajstić information content (AvgIpc) is 2.74. The minimum atomic E-state index is -0.723. The molecule has 0 saturated heterocycles. The zero-order valence-corrected chi connectivity index (χ0v) is 22.4. The number of aliphatic hydroxyl groups excluding tert-OH is 1. The van der Waals surface area contributed by atoms with Gasteiger partial charge in [-0.1, -0.05) is 54.0 Å². The molecule has 0 aliphatic heterocycles. The Labute approximate surface area is 206 Å². The van der Waals surface area contributed by atoms with E-state index in [1.165, 1.54) is 5.57 Å². The topological polar surface area (TPSA) is 74.6 Å². The van der Waals surface area contributed by atoms with E-state index in [2.05, 4.69) is 48.5 Å². The number of carbonyl (C=O) groups is 2. The molecule has 5 rings (SSSR count). The molecular weight excluding hydrogens is 424 g/mol. The van der Waals surface area contributed by atoms with Gasteiger partial charge in [-0.15, -0.1) is 0 Å². The molecule has 0 spiro atoms. The molecule has 34 heavy (non-hydrogen) atoms. The molecule has 0 radical (unpaired) electrons. The molecule has 0 aromatic carbocycles. The summed E-state index contributed by atoms with van der Waals surface area (Å²) >= 11 is 0. The highest BCUT2D eigenvalue weighted by Gasteiger charge is 2.71. The minimum absolute atomic E-state index is 0.0515. The predicted octanol–water partition coefficient (Wildman–Crippen LogP) is 6.27. The van der Waals surface area contributed by atoms with Crippen molar-refractivity contribution in [2.45, 2.75) is 106 Å². The molecule has 4 saturated carbocycles. The standard InChI is InChI=1S/C30H46O4/c1-17-8-13-30(25(33)34)15-14-28(6)19(23(30)18(17)2)16-20(31)24-27(5)11-10-22(32)26(3,4)21(27)9-12-29(24,28)7/h16-18,21-24,32H,8-15H2,1-7H3,(H,33,34)/t17-,18+,21+,22+,23+,24-,27+,28-,29-,30+/m1/s1. The number of hydrogen-bond donors (Lipinski definition) is 2. The van der Waals surface area contributed by atoms with Crippen molar-refractivity contribution in [1.82, 2.24) is 0 Å². The summed E-state index contributed by atoms with van der Waals surface area (Å²) in [7, 11) is 0. The maximum Gasteiger partial charge on any atom is 0.310 e. The van der Waals surface area contributed by atoms with E-state index >= 15 is 0 Å². The number of aliphatic carboxylic acids is 1. The molecule has 2 N–H and O–H groups in total. The first-order valence-corrected chi connectivity index (χ1v) is 13.8. The number of aliphatic hydroxyl groups is 1. The number of allylic oxidation sites excluding steroid dienone is 2. The molecule has 5 aliphatic carbocycles. The van der Waals surface area contributed by atoms with Gasteiger partial charge in [-0.3, -0.25) is 9.59 Å². The Morgan fingerprint density at radius 2 is 1.62 bits per heavy atom. The predicted molar refractivity (Wildman–Crippen MR) is 133 cm³/mol. The van der Waals surface area contributed by atoms with Crippen LogP contribution in [-0.2, 0) is 9.59 Å². The molecule has 10 atom stereocenters. The molecule has 0 aromatic heterocycles. The third-order valence-electron chi connectivity index (χ3n) is 13.1. The zero-order valence-electron chi connectivity index (χ0n) is 22.4. The average molecular weight is 471 g/mol. The number of ketones is 1. The largest absolute Gasteiger partial charge is 0.481 e. The van der Waals surface area contributed by atoms with Crippen molar-refractivity contribution in [3.05, 3.63) is 11.6 Å². The van der Waals surface area contributed by atoms with E-state index in [1.807, 2.05) is 6.08 Å². The zero-order chi connectivity index (χ0) is 25.1. The van der Waals surface area contributed by atoms with Gasteiger partial charge in [0.2, 0.25) is 0 Å². The van der Waals surface area contributed by atoms with Crippen molar-refractivity contribution in [3.63, 3.8) is 0 Å². The molecular formula is C30H46O4. The highest BCUT2D eigenvalue weighted by molar-refractivity contribution is 5.96. The second-order valence-corrected chi connectivity index (χ2v) is 14.5. The lowest BCUT2D eigenvalue weighted by molar-refractivity contribution is -0.205. The van der Waals surface area contributed by atoms with Crippen LogP contribution in [0.25, 0.3) is 0 Å². The summed E-state index contributed by atoms with van der Waals surface area (Å²) in [5, 5.41) is 21.4. The second kappa shape index (κ2) is 7.20. The van der Waals surface area contributed by atoms with Crippen LogP contribution < -0.4 is 0 Å². The van der Waals surface area contributed by atoms with E-state index in [-0.39, 0.29) is 51.3 Å². The summed E-state index contributed by atoms with van der Waals surface area (Å²) in [6, 6.07) is 0. The molecule has 4 heteroatoms. The highest BCUT2D eigenvalue weighted by Crippen LogP contribution is 2.75. The summed E-state index contributed by atoms with van der Waals surface area (Å²) < 4.78 is 0. The van der Waals surface area contributed by atoms with Crippen LogP contribution in [0.3, 0.4) is 0 Å². The first-order chi connectivity index (χ1) is 15.7. The molecule has 0 heterocycles. The monoisotopic (exact) mass is 470 g/mol. The van der Waals surface area contributed by atoms with Crippen molar-refractivity contribution in [3.8, 4) is 0 Å². The number of rotatable bonds is 1. The number of hydrogen-bond acceptors (Lipinski definition) is 3. The Bertz CT molecular complexity index is 949. The van der Waals surface area contributed by atoms with Gasteiger partial charge in [0, 0.05) is 5.92 Å². The summed E-state index contributed by atoms with van der Waals surface area (Å²) in [6.07, 6.45) is 8.57. The van der Waals surface area contributed by atoms with E-state index < -0.39 is 11.4 Å². The summed E-state index contributed by atoms with van der Waals surface area (Å²) in [4.78, 5) is 27.0. The second-order valence-electron chi connectivity index (χ2n) is 14.5. The fourth-order valence-electron chi connectivity index (χ4n) is 10.7. The lowest BCUT2D eigenvalue weighted by Crippen LogP contribution is -2.67. The number of carbonyl (C=O) groups excluding carboxylic acids is 1. The number of carboxylic acid groups (broad SMARTS) is 1. The smallest absolute Gasteiger partial charge is 0.310 e. The maximum atomic E-state index is 14.2. The first kappa shape index (κ1) is 24.5. The first-order valence-electron chi connectivity index (χ1n) is 13.8. The van der Waals surface area contributed by atoms with E-state index in [9.17, 15) is 19.8 Å². The highest BCUT2D eigenvalue weighted by atomic mass is 16.4. The lowest BCUT2D eigenvalue weighted by Gasteiger charge is -2.70. The number of fused-ring (bicyclic) bond motifs is 7. The van der Waals surface area contributed by atoms with Crippen LogP contribution in [0.5, 0.6) is 0 Å². The molecule has 4 nitrogen and oxygen atoms in total. The van der Waals surface area contributed by atoms with Gasteiger partial charge in [0.1, 0.15) is 0 Å². The van der Waals surface area contributed by atoms with Gasteiger partial charge in [-0.25, -0.2) is 0 Å².